The van der Waals surface area contributed by atoms with Gasteiger partial charge >= 0.3 is 0 Å². The van der Waals surface area contributed by atoms with Crippen molar-refractivity contribution in [3.05, 3.63) is 23.9 Å². The summed E-state index contributed by atoms with van der Waals surface area (Å²) in [5.74, 6) is 1.39. The van der Waals surface area contributed by atoms with Crippen molar-refractivity contribution >= 4 is 5.82 Å². The molecule has 0 radical (unpaired) electrons. The number of piperidine rings is 1. The first-order valence-electron chi connectivity index (χ1n) is 6.68. The van der Waals surface area contributed by atoms with Gasteiger partial charge < -0.3 is 15.3 Å². The fourth-order valence-electron chi connectivity index (χ4n) is 2.41. The Labute approximate surface area is 109 Å². The van der Waals surface area contributed by atoms with Crippen LogP contribution in [0.15, 0.2) is 18.3 Å². The summed E-state index contributed by atoms with van der Waals surface area (Å²) < 4.78 is 0. The molecule has 1 aliphatic heterocycles. The van der Waals surface area contributed by atoms with Gasteiger partial charge in [-0.15, -0.1) is 0 Å². The maximum atomic E-state index is 10.0. The molecule has 0 amide bonds. The van der Waals surface area contributed by atoms with Crippen LogP contribution >= 0.6 is 0 Å². The van der Waals surface area contributed by atoms with Crippen LogP contribution in [0.5, 0.6) is 0 Å². The molecule has 0 aliphatic carbocycles. The third-order valence-electron chi connectivity index (χ3n) is 3.93. The van der Waals surface area contributed by atoms with Crippen LogP contribution in [0.25, 0.3) is 0 Å². The molecule has 1 aromatic rings. The largest absolute Gasteiger partial charge is 0.391 e. The average molecular weight is 249 g/mol. The van der Waals surface area contributed by atoms with Crippen molar-refractivity contribution in [2.24, 2.45) is 5.92 Å². The van der Waals surface area contributed by atoms with E-state index in [0.717, 1.165) is 18.8 Å². The van der Waals surface area contributed by atoms with Crippen molar-refractivity contribution in [1.29, 1.82) is 0 Å². The minimum Gasteiger partial charge on any atom is -0.391 e. The quantitative estimate of drug-likeness (QED) is 0.853. The molecule has 4 heteroatoms. The second kappa shape index (κ2) is 5.67. The highest BCUT2D eigenvalue weighted by Gasteiger charge is 2.26. The van der Waals surface area contributed by atoms with E-state index in [0.29, 0.717) is 12.5 Å². The number of hydrogen-bond donors (Lipinski definition) is 2. The number of aromatic nitrogens is 1. The molecule has 3 unspecified atom stereocenters. The monoisotopic (exact) mass is 249 g/mol. The highest BCUT2D eigenvalue weighted by molar-refractivity contribution is 5.48. The van der Waals surface area contributed by atoms with E-state index in [1.165, 1.54) is 5.56 Å². The molecule has 0 aromatic carbocycles. The molecule has 2 rings (SSSR count). The van der Waals surface area contributed by atoms with Crippen LogP contribution in [0.1, 0.15) is 31.9 Å². The molecule has 1 aromatic heterocycles. The van der Waals surface area contributed by atoms with Crippen LogP contribution < -0.4 is 10.2 Å². The summed E-state index contributed by atoms with van der Waals surface area (Å²) in [6.07, 6.45) is 2.59. The third kappa shape index (κ3) is 2.65. The Hall–Kier alpha value is -1.13. The first-order valence-corrected chi connectivity index (χ1v) is 6.68. The Balaban J connectivity index is 2.22. The zero-order valence-electron chi connectivity index (χ0n) is 11.4. The lowest BCUT2D eigenvalue weighted by molar-refractivity contribution is 0.102. The molecular formula is C14H23N3O. The Morgan fingerprint density at radius 2 is 2.33 bits per heavy atom. The number of nitrogens with zero attached hydrogens (tertiary/aromatic N) is 2. The highest BCUT2D eigenvalue weighted by Crippen LogP contribution is 2.27. The van der Waals surface area contributed by atoms with E-state index in [1.54, 1.807) is 0 Å². The second-order valence-electron chi connectivity index (χ2n) is 5.21. The van der Waals surface area contributed by atoms with Crippen molar-refractivity contribution in [2.75, 3.05) is 25.0 Å². The standard InChI is InChI=1S/C14H23N3O/c1-10-6-8-17(9-13(10)18)14-12(11(2)15-3)5-4-7-16-14/h4-5,7,10-11,13,15,18H,6,8-9H2,1-3H3. The van der Waals surface area contributed by atoms with Crippen LogP contribution in [-0.2, 0) is 0 Å². The van der Waals surface area contributed by atoms with Crippen molar-refractivity contribution in [1.82, 2.24) is 10.3 Å². The molecule has 0 spiro atoms. The van der Waals surface area contributed by atoms with Crippen LogP contribution in [-0.4, -0.2) is 36.3 Å². The number of anilines is 1. The maximum Gasteiger partial charge on any atom is 0.133 e. The fourth-order valence-corrected chi connectivity index (χ4v) is 2.41. The van der Waals surface area contributed by atoms with Gasteiger partial charge in [0.15, 0.2) is 0 Å². The fraction of sp³-hybridized carbons (Fsp3) is 0.643. The lowest BCUT2D eigenvalue weighted by Crippen LogP contribution is -2.43. The van der Waals surface area contributed by atoms with E-state index in [1.807, 2.05) is 19.3 Å². The second-order valence-corrected chi connectivity index (χ2v) is 5.21. The van der Waals surface area contributed by atoms with Crippen molar-refractivity contribution < 1.29 is 5.11 Å². The number of hydrogen-bond acceptors (Lipinski definition) is 4. The lowest BCUT2D eigenvalue weighted by Gasteiger charge is -2.36. The SMILES string of the molecule is CNC(C)c1cccnc1N1CCC(C)C(O)C1. The van der Waals surface area contributed by atoms with Crippen molar-refractivity contribution in [3.8, 4) is 0 Å². The van der Waals surface area contributed by atoms with Gasteiger partial charge in [-0.2, -0.15) is 0 Å². The van der Waals surface area contributed by atoms with Gasteiger partial charge in [-0.3, -0.25) is 0 Å². The smallest absolute Gasteiger partial charge is 0.133 e. The molecular weight excluding hydrogens is 226 g/mol. The molecule has 4 nitrogen and oxygen atoms in total. The summed E-state index contributed by atoms with van der Waals surface area (Å²) in [5, 5.41) is 13.3. The van der Waals surface area contributed by atoms with Crippen LogP contribution in [0.2, 0.25) is 0 Å². The number of aliphatic hydroxyl groups is 1. The molecule has 1 fully saturated rings. The zero-order chi connectivity index (χ0) is 13.1. The summed E-state index contributed by atoms with van der Waals surface area (Å²) in [6.45, 7) is 5.89. The molecule has 0 bridgehead atoms. The van der Waals surface area contributed by atoms with Gasteiger partial charge in [0.25, 0.3) is 0 Å². The summed E-state index contributed by atoms with van der Waals surface area (Å²) in [4.78, 5) is 6.71. The molecule has 2 N–H and O–H groups in total. The Kier molecular flexibility index (Phi) is 4.19. The zero-order valence-corrected chi connectivity index (χ0v) is 11.4. The molecule has 3 atom stereocenters. The van der Waals surface area contributed by atoms with Crippen LogP contribution in [0.4, 0.5) is 5.82 Å². The topological polar surface area (TPSA) is 48.4 Å². The molecule has 0 saturated carbocycles. The number of nitrogens with one attached hydrogen (secondary N) is 1. The number of aliphatic hydroxyl groups excluding tert-OH is 1. The first-order chi connectivity index (χ1) is 8.63. The molecule has 2 heterocycles. The van der Waals surface area contributed by atoms with E-state index in [4.69, 9.17) is 0 Å². The predicted molar refractivity (Wildman–Crippen MR) is 73.7 cm³/mol. The van der Waals surface area contributed by atoms with Gasteiger partial charge in [0, 0.05) is 30.9 Å². The number of β-amino-alcohol motifs (C(OH)–C–C–N with tert-alkyl or cyclic N) is 1. The van der Waals surface area contributed by atoms with E-state index in [9.17, 15) is 5.11 Å². The Morgan fingerprint density at radius 1 is 1.56 bits per heavy atom. The van der Waals surface area contributed by atoms with Gasteiger partial charge in [0.05, 0.1) is 6.10 Å². The van der Waals surface area contributed by atoms with Gasteiger partial charge in [-0.05, 0) is 32.4 Å². The van der Waals surface area contributed by atoms with Crippen LogP contribution in [0.3, 0.4) is 0 Å². The van der Waals surface area contributed by atoms with E-state index < -0.39 is 0 Å². The normalized spacial score (nSPS) is 26.1. The molecule has 100 valence electrons. The summed E-state index contributed by atoms with van der Waals surface area (Å²) in [5.41, 5.74) is 1.20. The Bertz CT molecular complexity index is 396. The van der Waals surface area contributed by atoms with Gasteiger partial charge in [-0.25, -0.2) is 4.98 Å². The number of pyridine rings is 1. The van der Waals surface area contributed by atoms with Crippen LogP contribution in [0, 0.1) is 5.92 Å². The van der Waals surface area contributed by atoms with Gasteiger partial charge in [-0.1, -0.05) is 13.0 Å². The lowest BCUT2D eigenvalue weighted by atomic mass is 9.95. The van der Waals surface area contributed by atoms with Gasteiger partial charge in [0.1, 0.15) is 5.82 Å². The summed E-state index contributed by atoms with van der Waals surface area (Å²) >= 11 is 0. The number of rotatable bonds is 3. The highest BCUT2D eigenvalue weighted by atomic mass is 16.3. The molecule has 1 saturated heterocycles. The van der Waals surface area contributed by atoms with E-state index in [-0.39, 0.29) is 12.1 Å². The summed E-state index contributed by atoms with van der Waals surface area (Å²) in [6, 6.07) is 4.34. The van der Waals surface area contributed by atoms with E-state index >= 15 is 0 Å². The van der Waals surface area contributed by atoms with E-state index in [2.05, 4.69) is 35.1 Å². The van der Waals surface area contributed by atoms with Crippen molar-refractivity contribution in [3.63, 3.8) is 0 Å². The minimum atomic E-state index is -0.251. The van der Waals surface area contributed by atoms with Gasteiger partial charge in [0.2, 0.25) is 0 Å². The maximum absolute atomic E-state index is 10.0. The predicted octanol–water partition coefficient (Wildman–Crippen LogP) is 1.57. The summed E-state index contributed by atoms with van der Waals surface area (Å²) in [7, 11) is 1.95. The third-order valence-corrected chi connectivity index (χ3v) is 3.93. The average Bonchev–Trinajstić information content (AvgIpc) is 2.41. The van der Waals surface area contributed by atoms with Crippen molar-refractivity contribution in [2.45, 2.75) is 32.4 Å². The Morgan fingerprint density at radius 3 is 3.00 bits per heavy atom. The molecule has 1 aliphatic rings. The first kappa shape index (κ1) is 13.3. The minimum absolute atomic E-state index is 0.251. The molecule has 18 heavy (non-hydrogen) atoms.